The third-order valence-electron chi connectivity index (χ3n) is 4.40. The topological polar surface area (TPSA) is 40.6 Å². The van der Waals surface area contributed by atoms with Crippen LogP contribution in [0.5, 0.6) is 0 Å². The second-order valence-corrected chi connectivity index (χ2v) is 7.99. The van der Waals surface area contributed by atoms with Gasteiger partial charge in [-0.25, -0.2) is 9.69 Å². The van der Waals surface area contributed by atoms with E-state index in [1.165, 1.54) is 16.7 Å². The van der Waals surface area contributed by atoms with E-state index in [4.69, 9.17) is 23.2 Å². The standard InChI is InChI=1S/C19H14Cl2N2O2S/c20-13-4-6-15(7-5-13)23-18(24)17-16(8-9-26-17)22(19(23)25)11-12-2-1-3-14(21)10-12/h1-10,16-17H,11H2. The van der Waals surface area contributed by atoms with Gasteiger partial charge in [0.25, 0.3) is 5.91 Å². The van der Waals surface area contributed by atoms with Crippen molar-refractivity contribution in [1.29, 1.82) is 0 Å². The van der Waals surface area contributed by atoms with Gasteiger partial charge in [0, 0.05) is 16.6 Å². The van der Waals surface area contributed by atoms with Crippen LogP contribution in [0.3, 0.4) is 0 Å². The van der Waals surface area contributed by atoms with Crippen LogP contribution in [-0.4, -0.2) is 28.1 Å². The second-order valence-electron chi connectivity index (χ2n) is 6.07. The summed E-state index contributed by atoms with van der Waals surface area (Å²) in [7, 11) is 0. The number of hydrogen-bond acceptors (Lipinski definition) is 3. The minimum Gasteiger partial charge on any atom is -0.312 e. The van der Waals surface area contributed by atoms with Crippen LogP contribution in [0.25, 0.3) is 0 Å². The minimum absolute atomic E-state index is 0.209. The monoisotopic (exact) mass is 404 g/mol. The average Bonchev–Trinajstić information content (AvgIpc) is 3.10. The van der Waals surface area contributed by atoms with Crippen LogP contribution < -0.4 is 4.90 Å². The molecule has 3 amide bonds. The lowest BCUT2D eigenvalue weighted by molar-refractivity contribution is -0.119. The number of carbonyl (C=O) groups excluding carboxylic acids is 2. The van der Waals surface area contributed by atoms with Crippen LogP contribution in [0.1, 0.15) is 5.56 Å². The summed E-state index contributed by atoms with van der Waals surface area (Å²) in [5.74, 6) is -0.209. The number of amides is 3. The molecule has 4 nitrogen and oxygen atoms in total. The molecule has 0 aromatic heterocycles. The summed E-state index contributed by atoms with van der Waals surface area (Å²) in [6.45, 7) is 0.378. The Morgan fingerprint density at radius 1 is 1.00 bits per heavy atom. The molecule has 2 atom stereocenters. The lowest BCUT2D eigenvalue weighted by atomic mass is 10.1. The van der Waals surface area contributed by atoms with Gasteiger partial charge >= 0.3 is 6.03 Å². The molecule has 0 aliphatic carbocycles. The highest BCUT2D eigenvalue weighted by Gasteiger charge is 2.47. The van der Waals surface area contributed by atoms with Crippen LogP contribution in [0.4, 0.5) is 10.5 Å². The van der Waals surface area contributed by atoms with Crippen LogP contribution >= 0.6 is 35.0 Å². The van der Waals surface area contributed by atoms with Gasteiger partial charge in [-0.3, -0.25) is 4.79 Å². The molecule has 1 saturated heterocycles. The first-order valence-electron chi connectivity index (χ1n) is 8.01. The highest BCUT2D eigenvalue weighted by Crippen LogP contribution is 2.37. The number of halogens is 2. The largest absolute Gasteiger partial charge is 0.332 e. The molecule has 4 rings (SSSR count). The molecule has 2 aromatic carbocycles. The molecule has 0 N–H and O–H groups in total. The van der Waals surface area contributed by atoms with Crippen molar-refractivity contribution in [2.75, 3.05) is 4.90 Å². The number of carbonyl (C=O) groups is 2. The summed E-state index contributed by atoms with van der Waals surface area (Å²) >= 11 is 13.4. The predicted molar refractivity (Wildman–Crippen MR) is 106 cm³/mol. The summed E-state index contributed by atoms with van der Waals surface area (Å²) in [4.78, 5) is 29.0. The number of nitrogens with zero attached hydrogens (tertiary/aromatic N) is 2. The van der Waals surface area contributed by atoms with E-state index in [0.717, 1.165) is 5.56 Å². The highest BCUT2D eigenvalue weighted by atomic mass is 35.5. The number of thioether (sulfide) groups is 1. The number of fused-ring (bicyclic) bond motifs is 1. The Kier molecular flexibility index (Phi) is 4.69. The fraction of sp³-hybridized carbons (Fsp3) is 0.158. The number of hydrogen-bond donors (Lipinski definition) is 0. The molecule has 1 fully saturated rings. The van der Waals surface area contributed by atoms with E-state index in [1.54, 1.807) is 35.2 Å². The molecule has 7 heteroatoms. The first-order chi connectivity index (χ1) is 12.5. The van der Waals surface area contributed by atoms with E-state index in [2.05, 4.69) is 0 Å². The van der Waals surface area contributed by atoms with E-state index >= 15 is 0 Å². The number of benzene rings is 2. The Morgan fingerprint density at radius 3 is 2.50 bits per heavy atom. The summed E-state index contributed by atoms with van der Waals surface area (Å²) in [5, 5.41) is 2.71. The van der Waals surface area contributed by atoms with Crippen LogP contribution in [0.2, 0.25) is 10.0 Å². The zero-order valence-electron chi connectivity index (χ0n) is 13.5. The Labute approximate surface area is 165 Å². The Morgan fingerprint density at radius 2 is 1.77 bits per heavy atom. The van der Waals surface area contributed by atoms with E-state index in [9.17, 15) is 9.59 Å². The normalized spacial score (nSPS) is 22.1. The maximum atomic E-state index is 13.2. The van der Waals surface area contributed by atoms with Crippen molar-refractivity contribution in [3.05, 3.63) is 75.6 Å². The number of rotatable bonds is 3. The van der Waals surface area contributed by atoms with Crippen molar-refractivity contribution in [1.82, 2.24) is 4.90 Å². The zero-order valence-corrected chi connectivity index (χ0v) is 15.8. The first-order valence-corrected chi connectivity index (χ1v) is 9.71. The van der Waals surface area contributed by atoms with Crippen molar-refractivity contribution in [3.8, 4) is 0 Å². The molecule has 132 valence electrons. The van der Waals surface area contributed by atoms with Crippen molar-refractivity contribution < 1.29 is 9.59 Å². The molecule has 2 aliphatic heterocycles. The summed E-state index contributed by atoms with van der Waals surface area (Å²) < 4.78 is 0. The van der Waals surface area contributed by atoms with Crippen LogP contribution in [0, 0.1) is 0 Å². The van der Waals surface area contributed by atoms with Gasteiger partial charge in [0.1, 0.15) is 5.25 Å². The Bertz CT molecular complexity index is 901. The summed E-state index contributed by atoms with van der Waals surface area (Å²) in [6.07, 6.45) is 1.91. The van der Waals surface area contributed by atoms with Crippen molar-refractivity contribution >= 4 is 52.6 Å². The van der Waals surface area contributed by atoms with Gasteiger partial charge in [-0.15, -0.1) is 11.8 Å². The van der Waals surface area contributed by atoms with Gasteiger partial charge in [0.05, 0.1) is 11.7 Å². The van der Waals surface area contributed by atoms with Crippen molar-refractivity contribution in [2.24, 2.45) is 0 Å². The lowest BCUT2D eigenvalue weighted by Gasteiger charge is -2.41. The molecule has 2 aromatic rings. The molecule has 2 unspecified atom stereocenters. The van der Waals surface area contributed by atoms with Gasteiger partial charge in [0.2, 0.25) is 0 Å². The summed E-state index contributed by atoms with van der Waals surface area (Å²) in [5.41, 5.74) is 1.44. The molecule has 0 radical (unpaired) electrons. The third kappa shape index (κ3) is 3.11. The van der Waals surface area contributed by atoms with Crippen LogP contribution in [-0.2, 0) is 11.3 Å². The van der Waals surface area contributed by atoms with Gasteiger partial charge in [-0.05, 0) is 47.4 Å². The highest BCUT2D eigenvalue weighted by molar-refractivity contribution is 8.03. The average molecular weight is 405 g/mol. The third-order valence-corrected chi connectivity index (χ3v) is 5.97. The predicted octanol–water partition coefficient (Wildman–Crippen LogP) is 4.96. The zero-order chi connectivity index (χ0) is 18.3. The first kappa shape index (κ1) is 17.5. The van der Waals surface area contributed by atoms with Gasteiger partial charge in [-0.2, -0.15) is 0 Å². The minimum atomic E-state index is -0.345. The number of urea groups is 1. The molecular weight excluding hydrogens is 391 g/mol. The van der Waals surface area contributed by atoms with Crippen molar-refractivity contribution in [3.63, 3.8) is 0 Å². The quantitative estimate of drug-likeness (QED) is 0.725. The Hall–Kier alpha value is -1.95. The van der Waals surface area contributed by atoms with E-state index in [0.29, 0.717) is 22.3 Å². The van der Waals surface area contributed by atoms with Crippen molar-refractivity contribution in [2.45, 2.75) is 17.8 Å². The molecule has 0 saturated carbocycles. The van der Waals surface area contributed by atoms with E-state index < -0.39 is 0 Å². The maximum Gasteiger partial charge on any atom is 0.332 e. The number of anilines is 1. The Balaban J connectivity index is 1.70. The second kappa shape index (κ2) is 6.99. The smallest absolute Gasteiger partial charge is 0.312 e. The SMILES string of the molecule is O=C1C2SC=CC2N(Cc2cccc(Cl)c2)C(=O)N1c1ccc(Cl)cc1. The fourth-order valence-electron chi connectivity index (χ4n) is 3.17. The fourth-order valence-corrected chi connectivity index (χ4v) is 4.55. The van der Waals surface area contributed by atoms with Gasteiger partial charge in [-0.1, -0.05) is 41.4 Å². The number of imide groups is 1. The van der Waals surface area contributed by atoms with Gasteiger partial charge in [0.15, 0.2) is 0 Å². The molecular formula is C19H14Cl2N2O2S. The molecule has 2 heterocycles. The maximum absolute atomic E-state index is 13.2. The molecule has 2 aliphatic rings. The van der Waals surface area contributed by atoms with E-state index in [-0.39, 0.29) is 23.2 Å². The molecule has 26 heavy (non-hydrogen) atoms. The van der Waals surface area contributed by atoms with Gasteiger partial charge < -0.3 is 4.90 Å². The molecule has 0 bridgehead atoms. The summed E-state index contributed by atoms with van der Waals surface area (Å²) in [6, 6.07) is 13.5. The van der Waals surface area contributed by atoms with Crippen LogP contribution in [0.15, 0.2) is 60.0 Å². The molecule has 0 spiro atoms. The lowest BCUT2D eigenvalue weighted by Crippen LogP contribution is -2.61. The van der Waals surface area contributed by atoms with E-state index in [1.807, 2.05) is 29.7 Å².